The Morgan fingerprint density at radius 1 is 1.61 bits per heavy atom. The van der Waals surface area contributed by atoms with Crippen molar-refractivity contribution in [1.82, 2.24) is 9.97 Å². The Bertz CT molecular complexity index is 494. The average molecular weight is 268 g/mol. The Labute approximate surface area is 110 Å². The van der Waals surface area contributed by atoms with E-state index in [1.807, 2.05) is 11.8 Å². The highest BCUT2D eigenvalue weighted by molar-refractivity contribution is 6.28. The monoisotopic (exact) mass is 267 g/mol. The number of halogens is 1. The summed E-state index contributed by atoms with van der Waals surface area (Å²) in [7, 11) is 0. The van der Waals surface area contributed by atoms with E-state index in [0.29, 0.717) is 25.6 Å². The van der Waals surface area contributed by atoms with Gasteiger partial charge in [-0.1, -0.05) is 0 Å². The largest absolute Gasteiger partial charge is 0.377 e. The van der Waals surface area contributed by atoms with Gasteiger partial charge in [-0.15, -0.1) is 0 Å². The van der Waals surface area contributed by atoms with E-state index in [4.69, 9.17) is 21.7 Å². The molecular formula is C11H14ClN5O. The molecule has 3 rings (SSSR count). The lowest BCUT2D eigenvalue weighted by atomic mass is 10.1. The number of aromatic nitrogens is 2. The minimum atomic E-state index is -0.0721. The van der Waals surface area contributed by atoms with E-state index in [2.05, 4.69) is 14.9 Å². The first-order chi connectivity index (χ1) is 8.72. The Morgan fingerprint density at radius 2 is 2.44 bits per heavy atom. The predicted molar refractivity (Wildman–Crippen MR) is 69.7 cm³/mol. The van der Waals surface area contributed by atoms with Gasteiger partial charge in [0, 0.05) is 13.1 Å². The lowest BCUT2D eigenvalue weighted by molar-refractivity contribution is 0.108. The molecular weight excluding hydrogens is 254 g/mol. The van der Waals surface area contributed by atoms with Gasteiger partial charge in [-0.05, 0) is 18.5 Å². The number of amidine groups is 1. The highest BCUT2D eigenvalue weighted by atomic mass is 35.5. The quantitative estimate of drug-likeness (QED) is 0.774. The van der Waals surface area contributed by atoms with Crippen LogP contribution in [0.15, 0.2) is 6.20 Å². The van der Waals surface area contributed by atoms with Crippen molar-refractivity contribution in [3.8, 4) is 0 Å². The van der Waals surface area contributed by atoms with Gasteiger partial charge >= 0.3 is 0 Å². The number of morpholine rings is 1. The van der Waals surface area contributed by atoms with Crippen LogP contribution < -0.4 is 9.80 Å². The number of hydrogen-bond donors (Lipinski definition) is 1. The van der Waals surface area contributed by atoms with Crippen LogP contribution in [-0.4, -0.2) is 48.1 Å². The zero-order valence-electron chi connectivity index (χ0n) is 10.1. The molecule has 0 bridgehead atoms. The van der Waals surface area contributed by atoms with Crippen LogP contribution in [0.3, 0.4) is 0 Å². The van der Waals surface area contributed by atoms with E-state index >= 15 is 0 Å². The van der Waals surface area contributed by atoms with Crippen molar-refractivity contribution >= 4 is 28.9 Å². The minimum absolute atomic E-state index is 0.0721. The standard InChI is InChI=1S/C11H14ClN5O/c1-2-16-7-5-14-11(12)15-10(7)17-3-4-18-6-8(17)9(16)13/h5,8,13H,2-4,6H2,1H3. The van der Waals surface area contributed by atoms with Crippen molar-refractivity contribution in [2.45, 2.75) is 13.0 Å². The van der Waals surface area contributed by atoms with Crippen LogP contribution in [0.1, 0.15) is 6.92 Å². The van der Waals surface area contributed by atoms with Crippen LogP contribution in [-0.2, 0) is 4.74 Å². The molecule has 1 aromatic heterocycles. The van der Waals surface area contributed by atoms with Crippen molar-refractivity contribution in [2.75, 3.05) is 36.1 Å². The molecule has 1 atom stereocenters. The number of anilines is 2. The van der Waals surface area contributed by atoms with Crippen LogP contribution in [0.5, 0.6) is 0 Å². The summed E-state index contributed by atoms with van der Waals surface area (Å²) in [5, 5.41) is 8.51. The van der Waals surface area contributed by atoms with Crippen molar-refractivity contribution in [3.05, 3.63) is 11.5 Å². The maximum Gasteiger partial charge on any atom is 0.224 e. The number of hydrogen-bond acceptors (Lipinski definition) is 5. The third-order valence-electron chi connectivity index (χ3n) is 3.33. The van der Waals surface area contributed by atoms with Gasteiger partial charge in [0.05, 0.1) is 19.4 Å². The Hall–Kier alpha value is -1.40. The summed E-state index contributed by atoms with van der Waals surface area (Å²) >= 11 is 5.88. The number of fused-ring (bicyclic) bond motifs is 3. The SMILES string of the molecule is CCN1C(=N)C2COCCN2c2nc(Cl)ncc21. The second-order valence-electron chi connectivity index (χ2n) is 4.26. The second-order valence-corrected chi connectivity index (χ2v) is 4.60. The van der Waals surface area contributed by atoms with Crippen LogP contribution >= 0.6 is 11.6 Å². The molecule has 1 unspecified atom stereocenters. The Kier molecular flexibility index (Phi) is 2.83. The molecule has 0 radical (unpaired) electrons. The van der Waals surface area contributed by atoms with Crippen molar-refractivity contribution in [2.24, 2.45) is 0 Å². The maximum atomic E-state index is 8.27. The van der Waals surface area contributed by atoms with Gasteiger partial charge in [-0.2, -0.15) is 4.98 Å². The Morgan fingerprint density at radius 3 is 3.22 bits per heavy atom. The van der Waals surface area contributed by atoms with Gasteiger partial charge in [-0.25, -0.2) is 4.98 Å². The highest BCUT2D eigenvalue weighted by Gasteiger charge is 2.38. The molecule has 2 aliphatic rings. The average Bonchev–Trinajstić information content (AvgIpc) is 2.40. The minimum Gasteiger partial charge on any atom is -0.377 e. The van der Waals surface area contributed by atoms with Crippen LogP contribution in [0.4, 0.5) is 11.5 Å². The van der Waals surface area contributed by atoms with Crippen LogP contribution in [0.2, 0.25) is 5.28 Å². The molecule has 0 saturated carbocycles. The molecule has 6 nitrogen and oxygen atoms in total. The van der Waals surface area contributed by atoms with Gasteiger partial charge in [0.25, 0.3) is 0 Å². The van der Waals surface area contributed by atoms with Gasteiger partial charge in [0.2, 0.25) is 5.28 Å². The molecule has 1 aromatic rings. The molecule has 1 N–H and O–H groups in total. The van der Waals surface area contributed by atoms with E-state index in [9.17, 15) is 0 Å². The fourth-order valence-electron chi connectivity index (χ4n) is 2.48. The predicted octanol–water partition coefficient (Wildman–Crippen LogP) is 1.15. The number of nitrogens with one attached hydrogen (secondary N) is 1. The third-order valence-corrected chi connectivity index (χ3v) is 3.52. The zero-order valence-corrected chi connectivity index (χ0v) is 10.8. The summed E-state index contributed by atoms with van der Waals surface area (Å²) in [4.78, 5) is 12.3. The molecule has 1 fully saturated rings. The van der Waals surface area contributed by atoms with Gasteiger partial charge < -0.3 is 14.5 Å². The molecule has 0 aliphatic carbocycles. The number of likely N-dealkylation sites (N-methyl/N-ethyl adjacent to an activating group) is 1. The number of nitrogens with zero attached hydrogens (tertiary/aromatic N) is 4. The molecule has 0 amide bonds. The maximum absolute atomic E-state index is 8.27. The molecule has 2 aliphatic heterocycles. The van der Waals surface area contributed by atoms with E-state index in [0.717, 1.165) is 18.1 Å². The molecule has 0 spiro atoms. The summed E-state index contributed by atoms with van der Waals surface area (Å²) < 4.78 is 5.46. The summed E-state index contributed by atoms with van der Waals surface area (Å²) in [6.45, 7) is 4.62. The number of rotatable bonds is 1. The van der Waals surface area contributed by atoms with Crippen LogP contribution in [0, 0.1) is 5.41 Å². The second kappa shape index (κ2) is 4.37. The van der Waals surface area contributed by atoms with E-state index < -0.39 is 0 Å². The number of ether oxygens (including phenoxy) is 1. The van der Waals surface area contributed by atoms with Crippen molar-refractivity contribution in [3.63, 3.8) is 0 Å². The van der Waals surface area contributed by atoms with Gasteiger partial charge in [0.15, 0.2) is 5.82 Å². The normalized spacial score (nSPS) is 22.8. The molecule has 18 heavy (non-hydrogen) atoms. The third kappa shape index (κ3) is 1.64. The molecule has 0 aromatic carbocycles. The first-order valence-electron chi connectivity index (χ1n) is 5.95. The Balaban J connectivity index is 2.12. The first-order valence-corrected chi connectivity index (χ1v) is 6.33. The van der Waals surface area contributed by atoms with Crippen molar-refractivity contribution < 1.29 is 4.74 Å². The first kappa shape index (κ1) is 11.7. The zero-order chi connectivity index (χ0) is 12.7. The van der Waals surface area contributed by atoms with Gasteiger partial charge in [0.1, 0.15) is 17.6 Å². The summed E-state index contributed by atoms with van der Waals surface area (Å²) in [5.74, 6) is 1.34. The van der Waals surface area contributed by atoms with Gasteiger partial charge in [-0.3, -0.25) is 5.41 Å². The molecule has 7 heteroatoms. The van der Waals surface area contributed by atoms with E-state index in [1.54, 1.807) is 6.20 Å². The smallest absolute Gasteiger partial charge is 0.224 e. The lowest BCUT2D eigenvalue weighted by Crippen LogP contribution is -2.58. The van der Waals surface area contributed by atoms with Crippen LogP contribution in [0.25, 0.3) is 0 Å². The fourth-order valence-corrected chi connectivity index (χ4v) is 2.61. The van der Waals surface area contributed by atoms with E-state index in [-0.39, 0.29) is 11.3 Å². The topological polar surface area (TPSA) is 65.3 Å². The molecule has 3 heterocycles. The summed E-state index contributed by atoms with van der Waals surface area (Å²) in [6, 6.07) is -0.0721. The summed E-state index contributed by atoms with van der Waals surface area (Å²) in [5.41, 5.74) is 0.852. The highest BCUT2D eigenvalue weighted by Crippen LogP contribution is 2.35. The lowest BCUT2D eigenvalue weighted by Gasteiger charge is -2.45. The molecule has 1 saturated heterocycles. The summed E-state index contributed by atoms with van der Waals surface area (Å²) in [6.07, 6.45) is 1.69. The molecule has 96 valence electrons. The fraction of sp³-hybridized carbons (Fsp3) is 0.545. The van der Waals surface area contributed by atoms with E-state index in [1.165, 1.54) is 0 Å². The van der Waals surface area contributed by atoms with Crippen molar-refractivity contribution in [1.29, 1.82) is 5.41 Å².